The van der Waals surface area contributed by atoms with Crippen molar-refractivity contribution >= 4 is 33.0 Å². The molecule has 1 aromatic rings. The summed E-state index contributed by atoms with van der Waals surface area (Å²) in [6.45, 7) is 3.25. The zero-order chi connectivity index (χ0) is 11.4. The quantitative estimate of drug-likeness (QED) is 0.479. The summed E-state index contributed by atoms with van der Waals surface area (Å²) in [5, 5.41) is 28.8. The van der Waals surface area contributed by atoms with Crippen LogP contribution in [0.1, 0.15) is 5.56 Å². The molecule has 15 heavy (non-hydrogen) atoms. The van der Waals surface area contributed by atoms with Crippen LogP contribution in [-0.4, -0.2) is 16.7 Å². The molecule has 1 rings (SSSR count). The van der Waals surface area contributed by atoms with Crippen molar-refractivity contribution < 1.29 is 15.5 Å². The SMILES string of the molecule is C=C([O-])c1cc(SSC)ccc1N(O)O. The number of hydrogen-bond acceptors (Lipinski definition) is 6. The standard InChI is InChI=1S/C9H11NO3S2/c1-6(11)8-5-7(15-14-2)3-4-9(8)10(12)13/h3-5,11-13H,1H2,2H3/p-1. The van der Waals surface area contributed by atoms with Crippen LogP contribution in [0.2, 0.25) is 0 Å². The highest BCUT2D eigenvalue weighted by atomic mass is 33.1. The summed E-state index contributed by atoms with van der Waals surface area (Å²) in [6.07, 6.45) is 1.91. The molecule has 6 heteroatoms. The highest BCUT2D eigenvalue weighted by Crippen LogP contribution is 2.33. The summed E-state index contributed by atoms with van der Waals surface area (Å²) in [5.74, 6) is -0.457. The summed E-state index contributed by atoms with van der Waals surface area (Å²) >= 11 is 0. The molecule has 0 bridgehead atoms. The maximum atomic E-state index is 11.2. The third-order valence-corrected chi connectivity index (χ3v) is 3.35. The van der Waals surface area contributed by atoms with E-state index >= 15 is 0 Å². The molecule has 0 aromatic heterocycles. The normalized spacial score (nSPS) is 10.1. The second-order valence-corrected chi connectivity index (χ2v) is 5.11. The van der Waals surface area contributed by atoms with Crippen molar-refractivity contribution in [2.75, 3.05) is 11.5 Å². The molecule has 1 aromatic carbocycles. The zero-order valence-electron chi connectivity index (χ0n) is 8.01. The zero-order valence-corrected chi connectivity index (χ0v) is 9.64. The van der Waals surface area contributed by atoms with Crippen molar-refractivity contribution in [1.82, 2.24) is 0 Å². The van der Waals surface area contributed by atoms with E-state index in [2.05, 4.69) is 6.58 Å². The fourth-order valence-corrected chi connectivity index (χ4v) is 2.43. The average molecular weight is 244 g/mol. The van der Waals surface area contributed by atoms with E-state index in [-0.39, 0.29) is 16.5 Å². The van der Waals surface area contributed by atoms with E-state index in [0.29, 0.717) is 0 Å². The molecule has 82 valence electrons. The minimum Gasteiger partial charge on any atom is -0.872 e. The van der Waals surface area contributed by atoms with E-state index in [4.69, 9.17) is 10.4 Å². The van der Waals surface area contributed by atoms with Crippen LogP contribution in [0.25, 0.3) is 5.76 Å². The molecule has 0 saturated heterocycles. The number of nitrogens with zero attached hydrogens (tertiary/aromatic N) is 1. The topological polar surface area (TPSA) is 66.8 Å². The van der Waals surface area contributed by atoms with E-state index in [1.807, 2.05) is 6.26 Å². The minimum atomic E-state index is -0.457. The van der Waals surface area contributed by atoms with E-state index in [1.165, 1.54) is 27.7 Å². The number of anilines is 1. The van der Waals surface area contributed by atoms with Gasteiger partial charge in [0, 0.05) is 4.90 Å². The number of rotatable bonds is 4. The van der Waals surface area contributed by atoms with Crippen molar-refractivity contribution in [3.8, 4) is 0 Å². The molecule has 0 atom stereocenters. The summed E-state index contributed by atoms with van der Waals surface area (Å²) in [4.78, 5) is 0.861. The third-order valence-electron chi connectivity index (χ3n) is 1.66. The van der Waals surface area contributed by atoms with Crippen LogP contribution in [0, 0.1) is 0 Å². The van der Waals surface area contributed by atoms with Crippen molar-refractivity contribution in [3.63, 3.8) is 0 Å². The van der Waals surface area contributed by atoms with Gasteiger partial charge in [0.1, 0.15) is 5.69 Å². The Bertz CT molecular complexity index is 368. The molecule has 0 radical (unpaired) electrons. The first-order chi connectivity index (χ1) is 7.06. The molecule has 0 fully saturated rings. The van der Waals surface area contributed by atoms with Crippen molar-refractivity contribution in [1.29, 1.82) is 0 Å². The molecule has 0 heterocycles. The smallest absolute Gasteiger partial charge is 0.101 e. The third kappa shape index (κ3) is 3.07. The molecule has 0 amide bonds. The molecule has 2 N–H and O–H groups in total. The van der Waals surface area contributed by atoms with Gasteiger partial charge in [-0.3, -0.25) is 10.4 Å². The first kappa shape index (κ1) is 12.3. The van der Waals surface area contributed by atoms with Gasteiger partial charge in [0.2, 0.25) is 0 Å². The van der Waals surface area contributed by atoms with Crippen LogP contribution < -0.4 is 10.3 Å². The van der Waals surface area contributed by atoms with Crippen LogP contribution in [0.4, 0.5) is 5.69 Å². The number of benzene rings is 1. The monoisotopic (exact) mass is 244 g/mol. The predicted molar refractivity (Wildman–Crippen MR) is 60.9 cm³/mol. The van der Waals surface area contributed by atoms with Gasteiger partial charge in [0.05, 0.1) is 0 Å². The lowest BCUT2D eigenvalue weighted by molar-refractivity contribution is -0.243. The molecular formula is C9H10NO3S2-. The van der Waals surface area contributed by atoms with Crippen LogP contribution >= 0.6 is 21.6 Å². The van der Waals surface area contributed by atoms with Gasteiger partial charge in [0.15, 0.2) is 0 Å². The summed E-state index contributed by atoms with van der Waals surface area (Å²) in [6, 6.07) is 4.73. The van der Waals surface area contributed by atoms with Gasteiger partial charge in [-0.1, -0.05) is 21.6 Å². The summed E-state index contributed by atoms with van der Waals surface area (Å²) in [5.41, 5.74) is 0.208. The van der Waals surface area contributed by atoms with Crippen molar-refractivity contribution in [3.05, 3.63) is 30.3 Å². The van der Waals surface area contributed by atoms with Crippen molar-refractivity contribution in [2.24, 2.45) is 0 Å². The Hall–Kier alpha value is -0.820. The lowest BCUT2D eigenvalue weighted by Gasteiger charge is -2.18. The minimum absolute atomic E-state index is 0.0282. The predicted octanol–water partition coefficient (Wildman–Crippen LogP) is 1.97. The molecular weight excluding hydrogens is 234 g/mol. The Morgan fingerprint density at radius 2 is 2.13 bits per heavy atom. The molecule has 4 nitrogen and oxygen atoms in total. The maximum Gasteiger partial charge on any atom is 0.101 e. The van der Waals surface area contributed by atoms with E-state index in [1.54, 1.807) is 12.1 Å². The molecule has 0 unspecified atom stereocenters. The molecule has 0 aliphatic carbocycles. The Balaban J connectivity index is 3.15. The van der Waals surface area contributed by atoms with Gasteiger partial charge in [-0.25, -0.2) is 0 Å². The summed E-state index contributed by atoms with van der Waals surface area (Å²) in [7, 11) is 3.02. The lowest BCUT2D eigenvalue weighted by Crippen LogP contribution is -2.15. The van der Waals surface area contributed by atoms with Gasteiger partial charge in [-0.05, 0) is 30.0 Å². The van der Waals surface area contributed by atoms with Gasteiger partial charge < -0.3 is 5.11 Å². The Kier molecular flexibility index (Phi) is 4.34. The lowest BCUT2D eigenvalue weighted by atomic mass is 10.1. The molecule has 0 spiro atoms. The fraction of sp³-hybridized carbons (Fsp3) is 0.111. The first-order valence-electron chi connectivity index (χ1n) is 3.95. The molecule has 0 aliphatic heterocycles. The van der Waals surface area contributed by atoms with Gasteiger partial charge in [0.25, 0.3) is 0 Å². The van der Waals surface area contributed by atoms with Crippen LogP contribution in [0.15, 0.2) is 29.7 Å². The average Bonchev–Trinajstić information content (AvgIpc) is 2.17. The largest absolute Gasteiger partial charge is 0.872 e. The maximum absolute atomic E-state index is 11.2. The van der Waals surface area contributed by atoms with Crippen molar-refractivity contribution in [2.45, 2.75) is 4.90 Å². The Labute approximate surface area is 95.5 Å². The van der Waals surface area contributed by atoms with Gasteiger partial charge in [-0.15, -0.1) is 17.6 Å². The highest BCUT2D eigenvalue weighted by Gasteiger charge is 2.07. The highest BCUT2D eigenvalue weighted by molar-refractivity contribution is 8.76. The fourth-order valence-electron chi connectivity index (χ4n) is 1.06. The second kappa shape index (κ2) is 5.32. The van der Waals surface area contributed by atoms with Gasteiger partial charge >= 0.3 is 0 Å². The Morgan fingerprint density at radius 3 is 2.60 bits per heavy atom. The molecule has 0 saturated carbocycles. The van der Waals surface area contributed by atoms with E-state index < -0.39 is 5.76 Å². The number of hydrogen-bond donors (Lipinski definition) is 2. The van der Waals surface area contributed by atoms with Crippen LogP contribution in [0.5, 0.6) is 0 Å². The van der Waals surface area contributed by atoms with Gasteiger partial charge in [-0.2, -0.15) is 0 Å². The summed E-state index contributed by atoms with van der Waals surface area (Å²) < 4.78 is 0. The molecule has 0 aliphatic rings. The second-order valence-electron chi connectivity index (χ2n) is 2.64. The van der Waals surface area contributed by atoms with E-state index in [9.17, 15) is 5.11 Å². The van der Waals surface area contributed by atoms with Crippen LogP contribution in [-0.2, 0) is 0 Å². The van der Waals surface area contributed by atoms with E-state index in [0.717, 1.165) is 4.90 Å². The first-order valence-corrected chi connectivity index (χ1v) is 6.51. The van der Waals surface area contributed by atoms with Crippen LogP contribution in [0.3, 0.4) is 0 Å². The Morgan fingerprint density at radius 1 is 1.47 bits per heavy atom.